The van der Waals surface area contributed by atoms with Crippen molar-refractivity contribution in [1.29, 1.82) is 0 Å². The van der Waals surface area contributed by atoms with Crippen LogP contribution in [0.5, 0.6) is 0 Å². The first kappa shape index (κ1) is 44.5. The summed E-state index contributed by atoms with van der Waals surface area (Å²) in [5, 5.41) is 3.72. The molecule has 0 unspecified atom stereocenters. The zero-order valence-corrected chi connectivity index (χ0v) is 40.0. The molecule has 0 atom stereocenters. The van der Waals surface area contributed by atoms with Gasteiger partial charge in [-0.05, 0) is 139 Å². The Hall–Kier alpha value is -8.34. The Kier molecular flexibility index (Phi) is 13.1. The van der Waals surface area contributed by atoms with E-state index in [0.717, 1.165) is 63.8 Å². The van der Waals surface area contributed by atoms with E-state index in [-0.39, 0.29) is 0 Å². The van der Waals surface area contributed by atoms with Crippen LogP contribution in [0, 0.1) is 0 Å². The van der Waals surface area contributed by atoms with Crippen molar-refractivity contribution in [3.8, 4) is 22.5 Å². The van der Waals surface area contributed by atoms with Gasteiger partial charge in [0.05, 0.1) is 16.6 Å². The van der Waals surface area contributed by atoms with Crippen LogP contribution in [0.2, 0.25) is 0 Å². The van der Waals surface area contributed by atoms with Crippen molar-refractivity contribution in [1.82, 2.24) is 9.13 Å². The summed E-state index contributed by atoms with van der Waals surface area (Å²) < 4.78 is 4.82. The molecule has 2 heterocycles. The molecule has 0 spiro atoms. The van der Waals surface area contributed by atoms with E-state index < -0.39 is 0 Å². The van der Waals surface area contributed by atoms with Crippen molar-refractivity contribution in [3.63, 3.8) is 0 Å². The molecule has 4 nitrogen and oxygen atoms in total. The Labute approximate surface area is 407 Å². The van der Waals surface area contributed by atoms with E-state index in [1.54, 1.807) is 0 Å². The summed E-state index contributed by atoms with van der Waals surface area (Å²) >= 11 is 0. The maximum Gasteiger partial charge on any atom is 0.0542 e. The first-order valence-electron chi connectivity index (χ1n) is 24.6. The number of benzene rings is 9. The van der Waals surface area contributed by atoms with Gasteiger partial charge in [0.15, 0.2) is 0 Å². The summed E-state index contributed by atoms with van der Waals surface area (Å²) in [6, 6.07) is 83.4. The molecule has 0 fully saturated rings. The van der Waals surface area contributed by atoms with Gasteiger partial charge >= 0.3 is 0 Å². The standard InChI is InChI=1S/C60H44N4.C3H8.C2H6/c1-5-19-45(20-6-1)61(51-36-38-59-55(41-51)53-28-13-15-30-57(53)63(59)47-23-9-3-10-24-47)49-34-32-43(33-35-49)44-18-17-27-50(40-44)62(46-21-7-2-8-22-46)52-37-39-60-56(42-52)54-29-14-16-31-58(54)64(60)48-25-11-4-12-26-48;1-3-2;1-2/h1-14,16-29,31-42H,15,30H2;3H2,1-2H3;1-2H3. The predicted octanol–water partition coefficient (Wildman–Crippen LogP) is 18.7. The van der Waals surface area contributed by atoms with Gasteiger partial charge in [0.2, 0.25) is 0 Å². The second-order valence-electron chi connectivity index (χ2n) is 17.2. The SMILES string of the molecule is C1=Cc2c(n(-c3ccccc3)c3ccc(N(c4ccccc4)c4ccc(-c5cccc(N(c6ccccc6)c6ccc7c(c6)c6ccccc6n7-c6ccccc6)c5)cc4)cc23)CC1.CC.CCC. The molecule has 0 radical (unpaired) electrons. The third-order valence-corrected chi connectivity index (χ3v) is 12.7. The smallest absolute Gasteiger partial charge is 0.0542 e. The average Bonchev–Trinajstić information content (AvgIpc) is 3.93. The van der Waals surface area contributed by atoms with E-state index in [0.29, 0.717) is 0 Å². The first-order valence-corrected chi connectivity index (χ1v) is 24.6. The lowest BCUT2D eigenvalue weighted by molar-refractivity contribution is 0.888. The average molecular weight is 895 g/mol. The molecule has 338 valence electrons. The summed E-state index contributed by atoms with van der Waals surface area (Å²) in [7, 11) is 0. The number of rotatable bonds is 9. The van der Waals surface area contributed by atoms with Crippen LogP contribution >= 0.6 is 0 Å². The normalized spacial score (nSPS) is 11.7. The molecule has 4 heteroatoms. The quantitative estimate of drug-likeness (QED) is 0.144. The second-order valence-corrected chi connectivity index (χ2v) is 17.2. The number of aromatic nitrogens is 2. The van der Waals surface area contributed by atoms with Crippen LogP contribution < -0.4 is 9.80 Å². The van der Waals surface area contributed by atoms with Crippen molar-refractivity contribution >= 4 is 72.9 Å². The summed E-state index contributed by atoms with van der Waals surface area (Å²) in [6.45, 7) is 8.25. The molecule has 9 aromatic carbocycles. The molecule has 69 heavy (non-hydrogen) atoms. The molecule has 0 amide bonds. The van der Waals surface area contributed by atoms with Crippen LogP contribution in [0.15, 0.2) is 237 Å². The predicted molar refractivity (Wildman–Crippen MR) is 297 cm³/mol. The number of hydrogen-bond acceptors (Lipinski definition) is 2. The fourth-order valence-corrected chi connectivity index (χ4v) is 9.85. The molecule has 2 aromatic heterocycles. The molecule has 1 aliphatic carbocycles. The number of allylic oxidation sites excluding steroid dienone is 1. The molecular weight excluding hydrogens is 837 g/mol. The van der Waals surface area contributed by atoms with Crippen LogP contribution in [0.1, 0.15) is 51.8 Å². The Bertz CT molecular complexity index is 3490. The van der Waals surface area contributed by atoms with Gasteiger partial charge < -0.3 is 18.9 Å². The topological polar surface area (TPSA) is 16.3 Å². The molecule has 0 N–H and O–H groups in total. The van der Waals surface area contributed by atoms with Crippen LogP contribution in [0.25, 0.3) is 61.3 Å². The lowest BCUT2D eigenvalue weighted by Gasteiger charge is -2.27. The van der Waals surface area contributed by atoms with E-state index >= 15 is 0 Å². The summed E-state index contributed by atoms with van der Waals surface area (Å²) in [4.78, 5) is 4.75. The number of hydrogen-bond donors (Lipinski definition) is 0. The van der Waals surface area contributed by atoms with Crippen molar-refractivity contribution in [2.24, 2.45) is 0 Å². The highest BCUT2D eigenvalue weighted by molar-refractivity contribution is 6.10. The second kappa shape index (κ2) is 20.3. The molecular formula is C65H58N4. The first-order chi connectivity index (χ1) is 34.2. The molecule has 1 aliphatic rings. The summed E-state index contributed by atoms with van der Waals surface area (Å²) in [6.07, 6.45) is 7.96. The highest BCUT2D eigenvalue weighted by atomic mass is 15.1. The van der Waals surface area contributed by atoms with Crippen LogP contribution in [-0.2, 0) is 6.42 Å². The Morgan fingerprint density at radius 1 is 0.377 bits per heavy atom. The van der Waals surface area contributed by atoms with Crippen molar-refractivity contribution in [2.75, 3.05) is 9.80 Å². The van der Waals surface area contributed by atoms with E-state index in [4.69, 9.17) is 0 Å². The molecule has 0 saturated heterocycles. The Morgan fingerprint density at radius 3 is 1.45 bits per heavy atom. The maximum absolute atomic E-state index is 2.45. The van der Waals surface area contributed by atoms with Crippen molar-refractivity contribution in [3.05, 3.63) is 248 Å². The molecule has 12 rings (SSSR count). The fourth-order valence-electron chi connectivity index (χ4n) is 9.85. The van der Waals surface area contributed by atoms with Crippen LogP contribution in [0.4, 0.5) is 34.1 Å². The number of para-hydroxylation sites is 5. The minimum atomic E-state index is 1.02. The van der Waals surface area contributed by atoms with Gasteiger partial charge in [-0.2, -0.15) is 0 Å². The van der Waals surface area contributed by atoms with Crippen LogP contribution in [-0.4, -0.2) is 9.13 Å². The number of nitrogens with zero attached hydrogens (tertiary/aromatic N) is 4. The van der Waals surface area contributed by atoms with Gasteiger partial charge in [0.1, 0.15) is 0 Å². The van der Waals surface area contributed by atoms with E-state index in [1.807, 2.05) is 13.8 Å². The van der Waals surface area contributed by atoms with E-state index in [9.17, 15) is 0 Å². The lowest BCUT2D eigenvalue weighted by Crippen LogP contribution is -2.10. The van der Waals surface area contributed by atoms with Gasteiger partial charge in [-0.1, -0.05) is 162 Å². The molecule has 0 bridgehead atoms. The van der Waals surface area contributed by atoms with Gasteiger partial charge in [-0.15, -0.1) is 0 Å². The fraction of sp³-hybridized carbons (Fsp3) is 0.108. The van der Waals surface area contributed by atoms with Crippen LogP contribution in [0.3, 0.4) is 0 Å². The molecule has 11 aromatic rings. The highest BCUT2D eigenvalue weighted by Gasteiger charge is 2.22. The molecule has 0 saturated carbocycles. The minimum absolute atomic E-state index is 1.02. The maximum atomic E-state index is 2.45. The van der Waals surface area contributed by atoms with Crippen molar-refractivity contribution in [2.45, 2.75) is 47.0 Å². The monoisotopic (exact) mass is 894 g/mol. The minimum Gasteiger partial charge on any atom is -0.313 e. The number of anilines is 6. The molecule has 0 aliphatic heterocycles. The van der Waals surface area contributed by atoms with Gasteiger partial charge in [-0.3, -0.25) is 0 Å². The summed E-state index contributed by atoms with van der Waals surface area (Å²) in [5.41, 5.74) is 17.6. The Balaban J connectivity index is 0.00000107. The number of fused-ring (bicyclic) bond motifs is 6. The zero-order valence-electron chi connectivity index (χ0n) is 40.0. The summed E-state index contributed by atoms with van der Waals surface area (Å²) in [5.74, 6) is 0. The third kappa shape index (κ3) is 8.62. The highest BCUT2D eigenvalue weighted by Crippen LogP contribution is 2.43. The Morgan fingerprint density at radius 2 is 0.826 bits per heavy atom. The van der Waals surface area contributed by atoms with E-state index in [1.165, 1.54) is 56.1 Å². The van der Waals surface area contributed by atoms with Gasteiger partial charge in [0.25, 0.3) is 0 Å². The van der Waals surface area contributed by atoms with E-state index in [2.05, 4.69) is 275 Å². The van der Waals surface area contributed by atoms with Crippen molar-refractivity contribution < 1.29 is 0 Å². The van der Waals surface area contributed by atoms with Gasteiger partial charge in [-0.25, -0.2) is 0 Å². The largest absolute Gasteiger partial charge is 0.313 e. The lowest BCUT2D eigenvalue weighted by atomic mass is 10.0. The van der Waals surface area contributed by atoms with Gasteiger partial charge in [0, 0.05) is 72.9 Å². The third-order valence-electron chi connectivity index (χ3n) is 12.7. The zero-order chi connectivity index (χ0) is 47.1.